The molecule has 35 heavy (non-hydrogen) atoms. The van der Waals surface area contributed by atoms with E-state index in [9.17, 15) is 10.1 Å². The van der Waals surface area contributed by atoms with Crippen molar-refractivity contribution in [2.24, 2.45) is 0 Å². The molecule has 0 unspecified atom stereocenters. The van der Waals surface area contributed by atoms with Gasteiger partial charge in [-0.1, -0.05) is 48.5 Å². The number of nitriles is 1. The molecule has 0 atom stereocenters. The molecule has 1 aromatic heterocycles. The number of para-hydroxylation sites is 1. The molecule has 3 aromatic rings. The van der Waals surface area contributed by atoms with Gasteiger partial charge in [-0.25, -0.2) is 0 Å². The van der Waals surface area contributed by atoms with Crippen LogP contribution >= 0.6 is 0 Å². The topological polar surface area (TPSA) is 64.3 Å². The number of hydrogen-bond donors (Lipinski definition) is 1. The summed E-state index contributed by atoms with van der Waals surface area (Å²) in [6.45, 7) is 5.09. The molecule has 0 saturated carbocycles. The van der Waals surface area contributed by atoms with Crippen LogP contribution in [0.1, 0.15) is 35.2 Å². The smallest absolute Gasteiger partial charge is 0.239 e. The van der Waals surface area contributed by atoms with E-state index >= 15 is 0 Å². The van der Waals surface area contributed by atoms with E-state index in [1.54, 1.807) is 0 Å². The van der Waals surface area contributed by atoms with E-state index in [1.165, 1.54) is 11.3 Å². The molecular formula is C29H33N5O. The lowest BCUT2D eigenvalue weighted by molar-refractivity contribution is -0.117. The summed E-state index contributed by atoms with van der Waals surface area (Å²) in [5, 5.41) is 13.1. The maximum absolute atomic E-state index is 13.1. The molecule has 2 aliphatic rings. The van der Waals surface area contributed by atoms with Gasteiger partial charge in [-0.3, -0.25) is 14.3 Å². The number of nitrogens with zero attached hydrogens (tertiary/aromatic N) is 4. The van der Waals surface area contributed by atoms with E-state index in [0.717, 1.165) is 76.1 Å². The van der Waals surface area contributed by atoms with Crippen molar-refractivity contribution < 1.29 is 4.79 Å². The number of amides is 1. The quantitative estimate of drug-likeness (QED) is 0.570. The summed E-state index contributed by atoms with van der Waals surface area (Å²) in [5.41, 5.74) is 5.26. The first-order valence-electron chi connectivity index (χ1n) is 12.7. The van der Waals surface area contributed by atoms with E-state index in [0.29, 0.717) is 17.9 Å². The van der Waals surface area contributed by atoms with Crippen LogP contribution in [0.5, 0.6) is 0 Å². The predicted molar refractivity (Wildman–Crippen MR) is 139 cm³/mol. The molecule has 1 N–H and O–H groups in total. The van der Waals surface area contributed by atoms with Crippen molar-refractivity contribution in [2.75, 3.05) is 44.6 Å². The zero-order valence-electron chi connectivity index (χ0n) is 20.2. The molecule has 2 heterocycles. The Morgan fingerprint density at radius 2 is 1.54 bits per heavy atom. The Balaban J connectivity index is 1.24. The average Bonchev–Trinajstić information content (AvgIpc) is 3.22. The van der Waals surface area contributed by atoms with Gasteiger partial charge in [-0.15, -0.1) is 0 Å². The lowest BCUT2D eigenvalue weighted by atomic mass is 9.95. The van der Waals surface area contributed by atoms with Gasteiger partial charge in [0.25, 0.3) is 0 Å². The lowest BCUT2D eigenvalue weighted by Gasteiger charge is -2.34. The number of carbonyl (C=O) groups is 1. The number of carbonyl (C=O) groups excluding carboxylic acids is 1. The van der Waals surface area contributed by atoms with Crippen molar-refractivity contribution in [3.8, 4) is 11.8 Å². The van der Waals surface area contributed by atoms with Crippen molar-refractivity contribution >= 4 is 11.7 Å². The van der Waals surface area contributed by atoms with Gasteiger partial charge in [0.2, 0.25) is 5.91 Å². The predicted octanol–water partition coefficient (Wildman–Crippen LogP) is 4.03. The Morgan fingerprint density at radius 1 is 0.886 bits per heavy atom. The molecule has 6 heteroatoms. The van der Waals surface area contributed by atoms with E-state index in [-0.39, 0.29) is 5.91 Å². The third-order valence-corrected chi connectivity index (χ3v) is 7.25. The fourth-order valence-corrected chi connectivity index (χ4v) is 5.37. The SMILES string of the molecule is N#Cc1c2c(n(-c3ccccc3)c1NC(=O)CN1CCN(CCc3ccccc3)CC1)CCCC2. The average molecular weight is 468 g/mol. The van der Waals surface area contributed by atoms with Gasteiger partial charge in [-0.05, 0) is 55.4 Å². The number of anilines is 1. The van der Waals surface area contributed by atoms with Crippen LogP contribution in [-0.4, -0.2) is 59.5 Å². The monoisotopic (exact) mass is 467 g/mol. The van der Waals surface area contributed by atoms with Gasteiger partial charge < -0.3 is 10.2 Å². The first kappa shape index (κ1) is 23.3. The third-order valence-electron chi connectivity index (χ3n) is 7.25. The highest BCUT2D eigenvalue weighted by Gasteiger charge is 2.27. The standard InChI is InChI=1S/C29H33N5O/c30-21-26-25-13-7-8-14-27(25)34(24-11-5-2-6-12-24)29(26)31-28(35)22-33-19-17-32(18-20-33)16-15-23-9-3-1-4-10-23/h1-6,9-12H,7-8,13-20,22H2,(H,31,35). The zero-order chi connectivity index (χ0) is 24.0. The zero-order valence-corrected chi connectivity index (χ0v) is 20.2. The van der Waals surface area contributed by atoms with Crippen LogP contribution in [0.4, 0.5) is 5.82 Å². The van der Waals surface area contributed by atoms with Crippen LogP contribution in [0.25, 0.3) is 5.69 Å². The number of benzene rings is 2. The summed E-state index contributed by atoms with van der Waals surface area (Å²) < 4.78 is 2.10. The molecule has 1 aliphatic heterocycles. The molecule has 1 aliphatic carbocycles. The maximum atomic E-state index is 13.1. The lowest BCUT2D eigenvalue weighted by Crippen LogP contribution is -2.49. The third kappa shape index (κ3) is 5.32. The van der Waals surface area contributed by atoms with Gasteiger partial charge in [0.05, 0.1) is 12.1 Å². The van der Waals surface area contributed by atoms with Crippen molar-refractivity contribution in [3.63, 3.8) is 0 Å². The number of rotatable bonds is 7. The largest absolute Gasteiger partial charge is 0.310 e. The summed E-state index contributed by atoms with van der Waals surface area (Å²) in [6, 6.07) is 23.1. The first-order chi connectivity index (χ1) is 17.2. The molecule has 1 saturated heterocycles. The van der Waals surface area contributed by atoms with Crippen LogP contribution in [-0.2, 0) is 24.1 Å². The molecule has 180 valence electrons. The number of fused-ring (bicyclic) bond motifs is 1. The Hall–Kier alpha value is -3.40. The Bertz CT molecular complexity index is 1190. The van der Waals surface area contributed by atoms with E-state index < -0.39 is 0 Å². The molecule has 0 spiro atoms. The van der Waals surface area contributed by atoms with Crippen LogP contribution in [0, 0.1) is 11.3 Å². The second-order valence-electron chi connectivity index (χ2n) is 9.54. The summed E-state index contributed by atoms with van der Waals surface area (Å²) >= 11 is 0. The van der Waals surface area contributed by atoms with Crippen molar-refractivity contribution in [1.29, 1.82) is 5.26 Å². The van der Waals surface area contributed by atoms with Gasteiger partial charge >= 0.3 is 0 Å². The van der Waals surface area contributed by atoms with Crippen LogP contribution in [0.15, 0.2) is 60.7 Å². The highest BCUT2D eigenvalue weighted by molar-refractivity contribution is 5.93. The van der Waals surface area contributed by atoms with Gasteiger partial charge in [0.1, 0.15) is 11.9 Å². The molecule has 2 aromatic carbocycles. The van der Waals surface area contributed by atoms with Crippen molar-refractivity contribution in [1.82, 2.24) is 14.4 Å². The fourth-order valence-electron chi connectivity index (χ4n) is 5.37. The van der Waals surface area contributed by atoms with E-state index in [4.69, 9.17) is 0 Å². The number of nitrogens with one attached hydrogen (secondary N) is 1. The minimum atomic E-state index is -0.0498. The highest BCUT2D eigenvalue weighted by Crippen LogP contribution is 2.35. The second kappa shape index (κ2) is 10.9. The molecule has 5 rings (SSSR count). The van der Waals surface area contributed by atoms with Crippen LogP contribution in [0.2, 0.25) is 0 Å². The number of hydrogen-bond acceptors (Lipinski definition) is 4. The van der Waals surface area contributed by atoms with Crippen LogP contribution in [0.3, 0.4) is 0 Å². The summed E-state index contributed by atoms with van der Waals surface area (Å²) in [5.74, 6) is 0.586. The Labute approximate surface area is 207 Å². The summed E-state index contributed by atoms with van der Waals surface area (Å²) in [4.78, 5) is 17.8. The molecule has 6 nitrogen and oxygen atoms in total. The number of piperazine rings is 1. The second-order valence-corrected chi connectivity index (χ2v) is 9.54. The highest BCUT2D eigenvalue weighted by atomic mass is 16.2. The normalized spacial score (nSPS) is 16.4. The molecule has 1 amide bonds. The summed E-state index contributed by atoms with van der Waals surface area (Å²) in [7, 11) is 0. The molecular weight excluding hydrogens is 434 g/mol. The van der Waals surface area contributed by atoms with Gasteiger partial charge in [-0.2, -0.15) is 5.26 Å². The van der Waals surface area contributed by atoms with Crippen molar-refractivity contribution in [2.45, 2.75) is 32.1 Å². The minimum absolute atomic E-state index is 0.0498. The van der Waals surface area contributed by atoms with Gasteiger partial charge in [0, 0.05) is 44.1 Å². The number of aromatic nitrogens is 1. The Morgan fingerprint density at radius 3 is 2.26 bits per heavy atom. The molecule has 0 radical (unpaired) electrons. The van der Waals surface area contributed by atoms with E-state index in [1.807, 2.05) is 30.3 Å². The van der Waals surface area contributed by atoms with E-state index in [2.05, 4.69) is 56.1 Å². The Kier molecular flexibility index (Phi) is 7.27. The first-order valence-corrected chi connectivity index (χ1v) is 12.7. The fraction of sp³-hybridized carbons (Fsp3) is 0.379. The van der Waals surface area contributed by atoms with Crippen molar-refractivity contribution in [3.05, 3.63) is 83.0 Å². The minimum Gasteiger partial charge on any atom is -0.310 e. The molecule has 0 bridgehead atoms. The van der Waals surface area contributed by atoms with Gasteiger partial charge in [0.15, 0.2) is 0 Å². The summed E-state index contributed by atoms with van der Waals surface area (Å²) in [6.07, 6.45) is 5.07. The maximum Gasteiger partial charge on any atom is 0.239 e. The molecule has 1 fully saturated rings. The van der Waals surface area contributed by atoms with Crippen LogP contribution < -0.4 is 5.32 Å².